The molecular formula is C29H32N6O5. The molecule has 3 amide bonds. The van der Waals surface area contributed by atoms with Gasteiger partial charge in [0.15, 0.2) is 0 Å². The third-order valence-corrected chi connectivity index (χ3v) is 7.43. The number of fused-ring (bicyclic) bond motifs is 2. The van der Waals surface area contributed by atoms with Gasteiger partial charge in [-0.15, -0.1) is 0 Å². The predicted molar refractivity (Wildman–Crippen MR) is 149 cm³/mol. The number of aliphatic carboxylic acids is 1. The van der Waals surface area contributed by atoms with Crippen LogP contribution in [0, 0.1) is 0 Å². The van der Waals surface area contributed by atoms with Gasteiger partial charge < -0.3 is 36.3 Å². The quantitative estimate of drug-likeness (QED) is 0.176. The fraction of sp³-hybridized carbons (Fsp3) is 0.310. The largest absolute Gasteiger partial charge is 0.480 e. The molecule has 0 spiro atoms. The van der Waals surface area contributed by atoms with Gasteiger partial charge in [0.1, 0.15) is 12.1 Å². The molecule has 11 heteroatoms. The molecule has 4 aromatic rings. The third kappa shape index (κ3) is 5.69. The molecule has 3 heterocycles. The van der Waals surface area contributed by atoms with E-state index in [-0.39, 0.29) is 12.3 Å². The lowest BCUT2D eigenvalue weighted by molar-refractivity contribution is -0.142. The number of amides is 3. The normalized spacial score (nSPS) is 16.6. The Bertz CT molecular complexity index is 1560. The molecular weight excluding hydrogens is 512 g/mol. The van der Waals surface area contributed by atoms with Gasteiger partial charge in [0, 0.05) is 47.2 Å². The predicted octanol–water partition coefficient (Wildman–Crippen LogP) is 1.44. The van der Waals surface area contributed by atoms with E-state index in [9.17, 15) is 24.3 Å². The Labute approximate surface area is 230 Å². The standard InChI is InChI=1S/C29H32N6O5/c30-21(12-17-14-31-22-8-3-1-6-19(17)22)28(38)35-11-5-10-25(35)27(37)33-16-26(36)34-24(29(39)40)13-18-15-32-23-9-4-2-7-20(18)23/h1-4,6-9,14-15,21,24-25,31-32H,5,10-13,16,30H2,(H,33,37)(H,34,36)(H,39,40). The van der Waals surface area contributed by atoms with Crippen molar-refractivity contribution in [3.63, 3.8) is 0 Å². The maximum atomic E-state index is 13.2. The van der Waals surface area contributed by atoms with E-state index in [1.807, 2.05) is 54.7 Å². The summed E-state index contributed by atoms with van der Waals surface area (Å²) in [5.41, 5.74) is 9.79. The Kier molecular flexibility index (Phi) is 7.83. The number of carboxylic acid groups (broad SMARTS) is 1. The lowest BCUT2D eigenvalue weighted by Crippen LogP contribution is -2.53. The van der Waals surface area contributed by atoms with Gasteiger partial charge in [-0.1, -0.05) is 36.4 Å². The van der Waals surface area contributed by atoms with E-state index in [2.05, 4.69) is 20.6 Å². The summed E-state index contributed by atoms with van der Waals surface area (Å²) < 4.78 is 0. The Morgan fingerprint density at radius 2 is 1.55 bits per heavy atom. The minimum Gasteiger partial charge on any atom is -0.480 e. The lowest BCUT2D eigenvalue weighted by atomic mass is 10.0. The highest BCUT2D eigenvalue weighted by molar-refractivity contribution is 5.94. The van der Waals surface area contributed by atoms with Crippen LogP contribution in [-0.2, 0) is 32.0 Å². The number of likely N-dealkylation sites (tertiary alicyclic amines) is 1. The van der Waals surface area contributed by atoms with Crippen LogP contribution in [0.3, 0.4) is 0 Å². The number of benzene rings is 2. The van der Waals surface area contributed by atoms with Gasteiger partial charge in [0.05, 0.1) is 12.6 Å². The summed E-state index contributed by atoms with van der Waals surface area (Å²) in [6.45, 7) is -0.00711. The number of H-pyrrole nitrogens is 2. The summed E-state index contributed by atoms with van der Waals surface area (Å²) in [6.07, 6.45) is 5.07. The summed E-state index contributed by atoms with van der Waals surface area (Å²) in [5.74, 6) is -2.60. The molecule has 0 saturated carbocycles. The van der Waals surface area contributed by atoms with Crippen LogP contribution in [0.1, 0.15) is 24.0 Å². The van der Waals surface area contributed by atoms with E-state index >= 15 is 0 Å². The minimum atomic E-state index is -1.18. The number of nitrogens with one attached hydrogen (secondary N) is 4. The van der Waals surface area contributed by atoms with Crippen LogP contribution >= 0.6 is 0 Å². The van der Waals surface area contributed by atoms with E-state index in [1.165, 1.54) is 4.90 Å². The number of carbonyl (C=O) groups excluding carboxylic acids is 3. The van der Waals surface area contributed by atoms with Crippen LogP contribution in [0.2, 0.25) is 0 Å². The van der Waals surface area contributed by atoms with Crippen molar-refractivity contribution in [2.75, 3.05) is 13.1 Å². The van der Waals surface area contributed by atoms with Crippen molar-refractivity contribution >= 4 is 45.5 Å². The van der Waals surface area contributed by atoms with Crippen LogP contribution in [0.4, 0.5) is 0 Å². The Hall–Kier alpha value is -4.64. The van der Waals surface area contributed by atoms with Crippen LogP contribution in [0.25, 0.3) is 21.8 Å². The third-order valence-electron chi connectivity index (χ3n) is 7.43. The van der Waals surface area contributed by atoms with E-state index in [1.54, 1.807) is 6.20 Å². The molecule has 0 radical (unpaired) electrons. The number of aromatic nitrogens is 2. The topological polar surface area (TPSA) is 173 Å². The first-order valence-electron chi connectivity index (χ1n) is 13.3. The molecule has 11 nitrogen and oxygen atoms in total. The number of aromatic amines is 2. The fourth-order valence-electron chi connectivity index (χ4n) is 5.39. The number of carbonyl (C=O) groups is 4. The number of hydrogen-bond acceptors (Lipinski definition) is 5. The van der Waals surface area contributed by atoms with Crippen molar-refractivity contribution in [1.82, 2.24) is 25.5 Å². The number of nitrogens with zero attached hydrogens (tertiary/aromatic N) is 1. The van der Waals surface area contributed by atoms with Gasteiger partial charge in [-0.25, -0.2) is 4.79 Å². The first kappa shape index (κ1) is 26.9. The number of hydrogen-bond donors (Lipinski definition) is 6. The maximum absolute atomic E-state index is 13.2. The number of nitrogens with two attached hydrogens (primary N) is 1. The van der Waals surface area contributed by atoms with Crippen molar-refractivity contribution in [3.8, 4) is 0 Å². The van der Waals surface area contributed by atoms with Crippen molar-refractivity contribution in [2.24, 2.45) is 5.73 Å². The molecule has 1 aliphatic heterocycles. The highest BCUT2D eigenvalue weighted by Crippen LogP contribution is 2.22. The molecule has 5 rings (SSSR count). The zero-order chi connectivity index (χ0) is 28.2. The molecule has 1 aliphatic rings. The SMILES string of the molecule is NC(Cc1c[nH]c2ccccc12)C(=O)N1CCCC1C(=O)NCC(=O)NC(Cc1c[nH]c2ccccc12)C(=O)O. The molecule has 0 bridgehead atoms. The summed E-state index contributed by atoms with van der Waals surface area (Å²) >= 11 is 0. The van der Waals surface area contributed by atoms with E-state index in [0.29, 0.717) is 25.8 Å². The Balaban J connectivity index is 1.15. The van der Waals surface area contributed by atoms with Gasteiger partial charge in [0.25, 0.3) is 0 Å². The van der Waals surface area contributed by atoms with Crippen LogP contribution < -0.4 is 16.4 Å². The first-order chi connectivity index (χ1) is 19.3. The maximum Gasteiger partial charge on any atom is 0.326 e. The average molecular weight is 545 g/mol. The highest BCUT2D eigenvalue weighted by atomic mass is 16.4. The van der Waals surface area contributed by atoms with Crippen LogP contribution in [0.5, 0.6) is 0 Å². The number of rotatable bonds is 10. The molecule has 1 fully saturated rings. The molecule has 7 N–H and O–H groups in total. The molecule has 3 atom stereocenters. The first-order valence-corrected chi connectivity index (χ1v) is 13.3. The molecule has 2 aromatic heterocycles. The lowest BCUT2D eigenvalue weighted by Gasteiger charge is -2.26. The van der Waals surface area contributed by atoms with Crippen molar-refractivity contribution < 1.29 is 24.3 Å². The smallest absolute Gasteiger partial charge is 0.326 e. The van der Waals surface area contributed by atoms with Crippen molar-refractivity contribution in [1.29, 1.82) is 0 Å². The summed E-state index contributed by atoms with van der Waals surface area (Å²) in [5, 5.41) is 16.6. The second-order valence-electron chi connectivity index (χ2n) is 10.1. The molecule has 2 aromatic carbocycles. The summed E-state index contributed by atoms with van der Waals surface area (Å²) in [6, 6.07) is 12.5. The zero-order valence-corrected chi connectivity index (χ0v) is 21.9. The van der Waals surface area contributed by atoms with Gasteiger partial charge >= 0.3 is 5.97 Å². The van der Waals surface area contributed by atoms with Crippen LogP contribution in [-0.4, -0.2) is 74.9 Å². The van der Waals surface area contributed by atoms with Crippen molar-refractivity contribution in [3.05, 3.63) is 72.1 Å². The van der Waals surface area contributed by atoms with E-state index < -0.39 is 42.5 Å². The average Bonchev–Trinajstić information content (AvgIpc) is 3.70. The number of para-hydroxylation sites is 2. The fourth-order valence-corrected chi connectivity index (χ4v) is 5.39. The highest BCUT2D eigenvalue weighted by Gasteiger charge is 2.36. The van der Waals surface area contributed by atoms with Gasteiger partial charge in [-0.05, 0) is 42.5 Å². The van der Waals surface area contributed by atoms with Gasteiger partial charge in [0.2, 0.25) is 17.7 Å². The van der Waals surface area contributed by atoms with Gasteiger partial charge in [-0.2, -0.15) is 0 Å². The summed E-state index contributed by atoms with van der Waals surface area (Å²) in [4.78, 5) is 58.3. The molecule has 1 saturated heterocycles. The van der Waals surface area contributed by atoms with E-state index in [0.717, 1.165) is 32.9 Å². The minimum absolute atomic E-state index is 0.0816. The second kappa shape index (κ2) is 11.6. The molecule has 3 unspecified atom stereocenters. The number of carboxylic acids is 1. The second-order valence-corrected chi connectivity index (χ2v) is 10.1. The monoisotopic (exact) mass is 544 g/mol. The zero-order valence-electron chi connectivity index (χ0n) is 21.9. The Morgan fingerprint density at radius 1 is 0.950 bits per heavy atom. The van der Waals surface area contributed by atoms with Crippen LogP contribution in [0.15, 0.2) is 60.9 Å². The van der Waals surface area contributed by atoms with Crippen molar-refractivity contribution in [2.45, 2.75) is 43.8 Å². The van der Waals surface area contributed by atoms with E-state index in [4.69, 9.17) is 5.73 Å². The van der Waals surface area contributed by atoms with Gasteiger partial charge in [-0.3, -0.25) is 14.4 Å². The molecule has 0 aliphatic carbocycles. The molecule has 40 heavy (non-hydrogen) atoms. The summed E-state index contributed by atoms with van der Waals surface area (Å²) in [7, 11) is 0. The Morgan fingerprint density at radius 3 is 2.17 bits per heavy atom. The molecule has 208 valence electrons.